The Kier molecular flexibility index (Phi) is 7.08. The second-order valence-electron chi connectivity index (χ2n) is 7.77. The summed E-state index contributed by atoms with van der Waals surface area (Å²) in [5.41, 5.74) is 1.54. The number of nitrogens with one attached hydrogen (secondary N) is 1. The number of guanidine groups is 1. The molecule has 1 aromatic carbocycles. The molecule has 1 atom stereocenters. The van der Waals surface area contributed by atoms with Crippen LogP contribution in [-0.2, 0) is 5.41 Å². The van der Waals surface area contributed by atoms with Crippen molar-refractivity contribution in [1.29, 1.82) is 0 Å². The molecule has 6 heteroatoms. The van der Waals surface area contributed by atoms with Crippen LogP contribution in [0, 0.1) is 0 Å². The molecule has 1 aliphatic carbocycles. The second-order valence-corrected chi connectivity index (χ2v) is 8.21. The molecular weight excluding hydrogens is 471 g/mol. The van der Waals surface area contributed by atoms with Crippen LogP contribution in [0.15, 0.2) is 41.4 Å². The van der Waals surface area contributed by atoms with E-state index in [9.17, 15) is 0 Å². The van der Waals surface area contributed by atoms with E-state index >= 15 is 0 Å². The highest BCUT2D eigenvalue weighted by Gasteiger charge is 2.44. The Morgan fingerprint density at radius 1 is 1.30 bits per heavy atom. The zero-order valence-electron chi connectivity index (χ0n) is 16.0. The minimum absolute atomic E-state index is 0. The van der Waals surface area contributed by atoms with Crippen molar-refractivity contribution in [1.82, 2.24) is 15.1 Å². The predicted molar refractivity (Wildman–Crippen MR) is 124 cm³/mol. The summed E-state index contributed by atoms with van der Waals surface area (Å²) < 4.78 is 0. The summed E-state index contributed by atoms with van der Waals surface area (Å²) in [7, 11) is 0. The van der Waals surface area contributed by atoms with Crippen molar-refractivity contribution in [2.45, 2.75) is 37.6 Å². The lowest BCUT2D eigenvalue weighted by Crippen LogP contribution is -2.43. The number of halogens is 2. The van der Waals surface area contributed by atoms with Crippen molar-refractivity contribution in [3.63, 3.8) is 0 Å². The quantitative estimate of drug-likeness (QED) is 0.288. The molecule has 3 aliphatic rings. The number of hydrogen-bond acceptors (Lipinski definition) is 2. The molecule has 1 saturated carbocycles. The van der Waals surface area contributed by atoms with Crippen LogP contribution in [0.3, 0.4) is 0 Å². The molecule has 2 aliphatic heterocycles. The molecule has 4 rings (SSSR count). The lowest BCUT2D eigenvalue weighted by molar-refractivity contribution is 0.259. The van der Waals surface area contributed by atoms with Crippen LogP contribution in [0.5, 0.6) is 0 Å². The van der Waals surface area contributed by atoms with Crippen molar-refractivity contribution < 1.29 is 0 Å². The first-order valence-electron chi connectivity index (χ1n) is 9.88. The summed E-state index contributed by atoms with van der Waals surface area (Å²) in [6.45, 7) is 8.29. The van der Waals surface area contributed by atoms with Gasteiger partial charge in [-0.15, -0.1) is 24.0 Å². The van der Waals surface area contributed by atoms with Crippen LogP contribution in [0.2, 0.25) is 5.02 Å². The first-order chi connectivity index (χ1) is 12.7. The molecule has 4 nitrogen and oxygen atoms in total. The summed E-state index contributed by atoms with van der Waals surface area (Å²) in [4.78, 5) is 10.1. The van der Waals surface area contributed by atoms with Crippen LogP contribution in [0.1, 0.15) is 31.7 Å². The lowest BCUT2D eigenvalue weighted by atomic mass is 9.96. The van der Waals surface area contributed by atoms with Gasteiger partial charge in [-0.2, -0.15) is 0 Å². The maximum Gasteiger partial charge on any atom is 0.193 e. The normalized spacial score (nSPS) is 24.1. The largest absolute Gasteiger partial charge is 0.357 e. The van der Waals surface area contributed by atoms with Crippen molar-refractivity contribution in [2.24, 2.45) is 4.99 Å². The smallest absolute Gasteiger partial charge is 0.193 e. The molecule has 1 saturated heterocycles. The maximum absolute atomic E-state index is 6.21. The number of likely N-dealkylation sites (tertiary alicyclic amines) is 1. The van der Waals surface area contributed by atoms with E-state index in [4.69, 9.17) is 16.6 Å². The molecule has 0 bridgehead atoms. The van der Waals surface area contributed by atoms with Gasteiger partial charge in [-0.25, -0.2) is 0 Å². The van der Waals surface area contributed by atoms with Gasteiger partial charge in [0.1, 0.15) is 0 Å². The fraction of sp³-hybridized carbons (Fsp3) is 0.571. The molecule has 0 radical (unpaired) electrons. The Hall–Kier alpha value is -0.790. The fourth-order valence-electron chi connectivity index (χ4n) is 4.18. The highest BCUT2D eigenvalue weighted by Crippen LogP contribution is 2.48. The van der Waals surface area contributed by atoms with Crippen molar-refractivity contribution >= 4 is 41.5 Å². The van der Waals surface area contributed by atoms with Gasteiger partial charge in [0.05, 0.1) is 6.54 Å². The molecule has 1 aromatic rings. The van der Waals surface area contributed by atoms with Crippen molar-refractivity contribution in [2.75, 3.05) is 39.3 Å². The topological polar surface area (TPSA) is 30.9 Å². The van der Waals surface area contributed by atoms with E-state index in [0.717, 1.165) is 50.3 Å². The molecule has 2 fully saturated rings. The van der Waals surface area contributed by atoms with Gasteiger partial charge in [0.2, 0.25) is 0 Å². The van der Waals surface area contributed by atoms with Gasteiger partial charge in [0.15, 0.2) is 5.96 Å². The maximum atomic E-state index is 6.21. The number of rotatable bonds is 5. The standard InChI is InChI=1S/C21H29ClN4.HI/c1-2-23-20(26-13-8-19(15-26)25-11-3-4-12-25)24-16-21(9-10-21)17-6-5-7-18(22)14-17;/h3-7,14,19H,2,8-13,15-16H2,1H3,(H,23,24);1H. The van der Waals surface area contributed by atoms with Crippen LogP contribution in [0.25, 0.3) is 0 Å². The van der Waals surface area contributed by atoms with Crippen LogP contribution in [0.4, 0.5) is 0 Å². The summed E-state index contributed by atoms with van der Waals surface area (Å²) >= 11 is 6.21. The van der Waals surface area contributed by atoms with Gasteiger partial charge < -0.3 is 10.2 Å². The van der Waals surface area contributed by atoms with Gasteiger partial charge in [-0.05, 0) is 43.9 Å². The predicted octanol–water partition coefficient (Wildman–Crippen LogP) is 3.90. The Morgan fingerprint density at radius 3 is 2.74 bits per heavy atom. The third-order valence-electron chi connectivity index (χ3n) is 5.98. The molecule has 27 heavy (non-hydrogen) atoms. The second kappa shape index (κ2) is 9.14. The Bertz CT molecular complexity index is 693. The molecule has 148 valence electrons. The fourth-order valence-corrected chi connectivity index (χ4v) is 4.37. The van der Waals surface area contributed by atoms with Crippen molar-refractivity contribution in [3.8, 4) is 0 Å². The summed E-state index contributed by atoms with van der Waals surface area (Å²) in [5.74, 6) is 1.08. The highest BCUT2D eigenvalue weighted by molar-refractivity contribution is 14.0. The Labute approximate surface area is 185 Å². The molecular formula is C21H30ClIN4. The van der Waals surface area contributed by atoms with Crippen LogP contribution < -0.4 is 5.32 Å². The summed E-state index contributed by atoms with van der Waals surface area (Å²) in [6.07, 6.45) is 8.20. The summed E-state index contributed by atoms with van der Waals surface area (Å²) in [6, 6.07) is 8.97. The number of aliphatic imine (C=N–C) groups is 1. The minimum Gasteiger partial charge on any atom is -0.357 e. The van der Waals surface area contributed by atoms with Crippen LogP contribution >= 0.6 is 35.6 Å². The van der Waals surface area contributed by atoms with E-state index in [-0.39, 0.29) is 29.4 Å². The monoisotopic (exact) mass is 500 g/mol. The number of benzene rings is 1. The SMILES string of the molecule is CCNC(=NCC1(c2cccc(Cl)c2)CC1)N1CCC(N2CC=CC2)C1.I. The molecule has 0 aromatic heterocycles. The van der Waals surface area contributed by atoms with Crippen LogP contribution in [-0.4, -0.2) is 61.1 Å². The van der Waals surface area contributed by atoms with Gasteiger partial charge in [0.25, 0.3) is 0 Å². The van der Waals surface area contributed by atoms with E-state index in [1.165, 1.54) is 24.8 Å². The average molecular weight is 501 g/mol. The third kappa shape index (κ3) is 4.80. The first-order valence-corrected chi connectivity index (χ1v) is 10.3. The number of hydrogen-bond donors (Lipinski definition) is 1. The van der Waals surface area contributed by atoms with E-state index in [1.54, 1.807) is 0 Å². The van der Waals surface area contributed by atoms with E-state index in [2.05, 4.69) is 52.4 Å². The third-order valence-corrected chi connectivity index (χ3v) is 6.22. The first kappa shape index (κ1) is 20.9. The molecule has 0 spiro atoms. The minimum atomic E-state index is 0. The Morgan fingerprint density at radius 2 is 2.07 bits per heavy atom. The van der Waals surface area contributed by atoms with Gasteiger partial charge in [-0.3, -0.25) is 9.89 Å². The molecule has 1 unspecified atom stereocenters. The van der Waals surface area contributed by atoms with Crippen molar-refractivity contribution in [3.05, 3.63) is 47.0 Å². The van der Waals surface area contributed by atoms with Gasteiger partial charge in [0, 0.05) is 49.2 Å². The van der Waals surface area contributed by atoms with E-state index < -0.39 is 0 Å². The summed E-state index contributed by atoms with van der Waals surface area (Å²) in [5, 5.41) is 4.34. The molecule has 2 heterocycles. The van der Waals surface area contributed by atoms with Gasteiger partial charge in [-0.1, -0.05) is 35.9 Å². The van der Waals surface area contributed by atoms with E-state index in [1.807, 2.05) is 6.07 Å². The highest BCUT2D eigenvalue weighted by atomic mass is 127. The zero-order valence-corrected chi connectivity index (χ0v) is 19.1. The zero-order chi connectivity index (χ0) is 18.0. The number of nitrogens with zero attached hydrogens (tertiary/aromatic N) is 3. The molecule has 0 amide bonds. The average Bonchev–Trinajstić information content (AvgIpc) is 3.04. The Balaban J connectivity index is 0.00000210. The lowest BCUT2D eigenvalue weighted by Gasteiger charge is -2.26. The van der Waals surface area contributed by atoms with E-state index in [0.29, 0.717) is 6.04 Å². The van der Waals surface area contributed by atoms with Gasteiger partial charge >= 0.3 is 0 Å². The molecule has 1 N–H and O–H groups in total.